The summed E-state index contributed by atoms with van der Waals surface area (Å²) in [7, 11) is 0. The average Bonchev–Trinajstić information content (AvgIpc) is 2.40. The molecule has 0 saturated carbocycles. The highest BCUT2D eigenvalue weighted by Gasteiger charge is 2.10. The number of rotatable bonds is 4. The van der Waals surface area contributed by atoms with E-state index in [4.69, 9.17) is 0 Å². The number of hydrogen-bond acceptors (Lipinski definition) is 1. The molecule has 0 heterocycles. The Hall–Kier alpha value is -1.95. The Kier molecular flexibility index (Phi) is 4.34. The van der Waals surface area contributed by atoms with Crippen molar-refractivity contribution in [1.29, 1.82) is 0 Å². The summed E-state index contributed by atoms with van der Waals surface area (Å²) in [4.78, 5) is 0. The van der Waals surface area contributed by atoms with Gasteiger partial charge in [-0.05, 0) is 35.9 Å². The summed E-state index contributed by atoms with van der Waals surface area (Å²) < 4.78 is 64.9. The van der Waals surface area contributed by atoms with Crippen molar-refractivity contribution in [1.82, 2.24) is 5.32 Å². The van der Waals surface area contributed by atoms with E-state index in [1.807, 2.05) is 0 Å². The molecule has 20 heavy (non-hydrogen) atoms. The summed E-state index contributed by atoms with van der Waals surface area (Å²) in [5.74, 6) is -5.29. The Morgan fingerprint density at radius 2 is 1.40 bits per heavy atom. The van der Waals surface area contributed by atoms with Gasteiger partial charge in [0.2, 0.25) is 0 Å². The van der Waals surface area contributed by atoms with Crippen LogP contribution in [0.3, 0.4) is 0 Å². The predicted molar refractivity (Wildman–Crippen MR) is 63.2 cm³/mol. The van der Waals surface area contributed by atoms with Crippen molar-refractivity contribution in [3.8, 4) is 0 Å². The maximum Gasteiger partial charge on any atom is 0.194 e. The Morgan fingerprint density at radius 3 is 2.05 bits per heavy atom. The van der Waals surface area contributed by atoms with Crippen molar-refractivity contribution < 1.29 is 22.0 Å². The van der Waals surface area contributed by atoms with Gasteiger partial charge in [-0.15, -0.1) is 0 Å². The van der Waals surface area contributed by atoms with Gasteiger partial charge in [0.15, 0.2) is 17.5 Å². The number of halogens is 5. The van der Waals surface area contributed by atoms with Crippen molar-refractivity contribution in [2.75, 3.05) is 0 Å². The third kappa shape index (κ3) is 3.33. The molecule has 106 valence electrons. The minimum Gasteiger partial charge on any atom is -0.309 e. The lowest BCUT2D eigenvalue weighted by atomic mass is 10.1. The van der Waals surface area contributed by atoms with E-state index in [-0.39, 0.29) is 24.2 Å². The smallest absolute Gasteiger partial charge is 0.194 e. The molecule has 0 aliphatic heterocycles. The van der Waals surface area contributed by atoms with Crippen LogP contribution in [0.25, 0.3) is 0 Å². The van der Waals surface area contributed by atoms with E-state index in [0.717, 1.165) is 30.3 Å². The minimum atomic E-state index is -1.54. The van der Waals surface area contributed by atoms with Crippen LogP contribution in [0.4, 0.5) is 22.0 Å². The molecule has 1 N–H and O–H groups in total. The summed E-state index contributed by atoms with van der Waals surface area (Å²) in [5.41, 5.74) is 0.256. The van der Waals surface area contributed by atoms with Crippen molar-refractivity contribution in [2.45, 2.75) is 13.1 Å². The molecule has 2 aromatic rings. The highest BCUT2D eigenvalue weighted by Crippen LogP contribution is 2.14. The normalized spacial score (nSPS) is 10.8. The first-order valence-electron chi connectivity index (χ1n) is 5.75. The van der Waals surface area contributed by atoms with Gasteiger partial charge in [-0.2, -0.15) is 0 Å². The lowest BCUT2D eigenvalue weighted by Crippen LogP contribution is -2.14. The minimum absolute atomic E-state index is 0.00985. The van der Waals surface area contributed by atoms with Crippen LogP contribution in [0.5, 0.6) is 0 Å². The fraction of sp³-hybridized carbons (Fsp3) is 0.143. The summed E-state index contributed by atoms with van der Waals surface area (Å²) in [6.07, 6.45) is 0. The molecule has 2 aromatic carbocycles. The van der Waals surface area contributed by atoms with Gasteiger partial charge in [-0.25, -0.2) is 22.0 Å². The van der Waals surface area contributed by atoms with E-state index >= 15 is 0 Å². The van der Waals surface area contributed by atoms with Crippen molar-refractivity contribution in [3.05, 3.63) is 70.5 Å². The highest BCUT2D eigenvalue weighted by atomic mass is 19.2. The standard InChI is InChI=1S/C14H10F5N/c15-10-1-2-11(16)9(5-10)7-20-6-8-3-12(17)14(19)13(18)4-8/h1-5,20H,6-7H2. The molecule has 1 nitrogen and oxygen atoms in total. The number of nitrogens with one attached hydrogen (secondary N) is 1. The van der Waals surface area contributed by atoms with Crippen LogP contribution in [-0.2, 0) is 13.1 Å². The first-order valence-corrected chi connectivity index (χ1v) is 5.75. The second kappa shape index (κ2) is 6.00. The Bertz CT molecular complexity index is 604. The van der Waals surface area contributed by atoms with Crippen LogP contribution in [0.2, 0.25) is 0 Å². The maximum absolute atomic E-state index is 13.3. The molecule has 0 saturated heterocycles. The van der Waals surface area contributed by atoms with Crippen LogP contribution in [-0.4, -0.2) is 0 Å². The Labute approximate surface area is 112 Å². The molecule has 2 rings (SSSR count). The Balaban J connectivity index is 2.01. The van der Waals surface area contributed by atoms with Gasteiger partial charge in [-0.3, -0.25) is 0 Å². The fourth-order valence-corrected chi connectivity index (χ4v) is 1.73. The van der Waals surface area contributed by atoms with Gasteiger partial charge in [0, 0.05) is 18.7 Å². The highest BCUT2D eigenvalue weighted by molar-refractivity contribution is 5.21. The average molecular weight is 287 g/mol. The van der Waals surface area contributed by atoms with E-state index in [1.165, 1.54) is 0 Å². The summed E-state index contributed by atoms with van der Waals surface area (Å²) in [6, 6.07) is 4.68. The molecule has 0 spiro atoms. The van der Waals surface area contributed by atoms with Gasteiger partial charge in [0.05, 0.1) is 0 Å². The van der Waals surface area contributed by atoms with Crippen LogP contribution in [0.1, 0.15) is 11.1 Å². The molecule has 0 radical (unpaired) electrons. The van der Waals surface area contributed by atoms with Crippen LogP contribution in [0, 0.1) is 29.1 Å². The fourth-order valence-electron chi connectivity index (χ4n) is 1.73. The zero-order valence-corrected chi connectivity index (χ0v) is 10.2. The first kappa shape index (κ1) is 14.5. The molecule has 0 amide bonds. The zero-order chi connectivity index (χ0) is 14.7. The maximum atomic E-state index is 13.3. The summed E-state index contributed by atoms with van der Waals surface area (Å²) in [6.45, 7) is -0.0335. The second-order valence-electron chi connectivity index (χ2n) is 4.21. The number of benzene rings is 2. The van der Waals surface area contributed by atoms with E-state index in [0.29, 0.717) is 0 Å². The van der Waals surface area contributed by atoms with Crippen molar-refractivity contribution >= 4 is 0 Å². The van der Waals surface area contributed by atoms with Crippen molar-refractivity contribution in [3.63, 3.8) is 0 Å². The Morgan fingerprint density at radius 1 is 0.750 bits per heavy atom. The van der Waals surface area contributed by atoms with E-state index in [1.54, 1.807) is 0 Å². The van der Waals surface area contributed by atoms with E-state index < -0.39 is 29.1 Å². The van der Waals surface area contributed by atoms with Gasteiger partial charge < -0.3 is 5.32 Å². The molecule has 0 fully saturated rings. The second-order valence-corrected chi connectivity index (χ2v) is 4.21. The number of hydrogen-bond donors (Lipinski definition) is 1. The van der Waals surface area contributed by atoms with E-state index in [9.17, 15) is 22.0 Å². The van der Waals surface area contributed by atoms with Crippen LogP contribution in [0.15, 0.2) is 30.3 Å². The molecular weight excluding hydrogens is 277 g/mol. The molecule has 0 bridgehead atoms. The van der Waals surface area contributed by atoms with Crippen LogP contribution >= 0.6 is 0 Å². The lowest BCUT2D eigenvalue weighted by molar-refractivity contribution is 0.444. The quantitative estimate of drug-likeness (QED) is 0.668. The molecule has 0 aliphatic rings. The van der Waals surface area contributed by atoms with E-state index in [2.05, 4.69) is 5.32 Å². The molecule has 0 aliphatic carbocycles. The van der Waals surface area contributed by atoms with Crippen molar-refractivity contribution in [2.24, 2.45) is 0 Å². The molecule has 0 aromatic heterocycles. The van der Waals surface area contributed by atoms with Crippen LogP contribution < -0.4 is 5.32 Å². The predicted octanol–water partition coefficient (Wildman–Crippen LogP) is 3.67. The zero-order valence-electron chi connectivity index (χ0n) is 10.2. The van der Waals surface area contributed by atoms with Gasteiger partial charge in [0.25, 0.3) is 0 Å². The third-order valence-corrected chi connectivity index (χ3v) is 2.70. The SMILES string of the molecule is Fc1ccc(F)c(CNCc2cc(F)c(F)c(F)c2)c1. The summed E-state index contributed by atoms with van der Waals surface area (Å²) >= 11 is 0. The van der Waals surface area contributed by atoms with Gasteiger partial charge >= 0.3 is 0 Å². The largest absolute Gasteiger partial charge is 0.309 e. The monoisotopic (exact) mass is 287 g/mol. The van der Waals surface area contributed by atoms with Gasteiger partial charge in [-0.1, -0.05) is 0 Å². The molecule has 0 atom stereocenters. The third-order valence-electron chi connectivity index (χ3n) is 2.70. The topological polar surface area (TPSA) is 12.0 Å². The molecular formula is C14H10F5N. The molecule has 0 unspecified atom stereocenters. The summed E-state index contributed by atoms with van der Waals surface area (Å²) in [5, 5.41) is 2.70. The van der Waals surface area contributed by atoms with Gasteiger partial charge in [0.1, 0.15) is 11.6 Å². The first-order chi connectivity index (χ1) is 9.47. The molecule has 6 heteroatoms. The lowest BCUT2D eigenvalue weighted by Gasteiger charge is -2.07.